The molecular formula is C13H18N4O2. The molecule has 6 heteroatoms. The van der Waals surface area contributed by atoms with E-state index < -0.39 is 5.91 Å². The van der Waals surface area contributed by atoms with Crippen molar-refractivity contribution >= 4 is 22.9 Å². The second-order valence-electron chi connectivity index (χ2n) is 4.56. The van der Waals surface area contributed by atoms with E-state index in [-0.39, 0.29) is 6.04 Å². The first-order chi connectivity index (χ1) is 8.99. The number of carbonyl (C=O) groups is 1. The Balaban J connectivity index is 2.84. The third-order valence-electron chi connectivity index (χ3n) is 2.99. The van der Waals surface area contributed by atoms with Crippen molar-refractivity contribution in [3.05, 3.63) is 17.7 Å². The molecule has 3 N–H and O–H groups in total. The largest absolute Gasteiger partial charge is 0.494 e. The molecule has 1 aromatic carbocycles. The fourth-order valence-electron chi connectivity index (χ4n) is 2.17. The first kappa shape index (κ1) is 13.2. The lowest BCUT2D eigenvalue weighted by molar-refractivity contribution is 0.1000. The van der Waals surface area contributed by atoms with Crippen LogP contribution in [0.4, 0.5) is 5.95 Å². The highest BCUT2D eigenvalue weighted by Gasteiger charge is 2.18. The molecule has 0 aliphatic rings. The molecule has 2 aromatic rings. The lowest BCUT2D eigenvalue weighted by Gasteiger charge is -2.14. The molecule has 102 valence electrons. The standard InChI is InChI=1S/C13H18N4O2/c1-7(2)17-11-9(16-13(17)15-3)5-8(12(14)18)6-10(11)19-4/h5-7H,1-4H3,(H2,14,18)(H,15,16). The van der Waals surface area contributed by atoms with Crippen LogP contribution < -0.4 is 15.8 Å². The molecule has 0 bridgehead atoms. The Morgan fingerprint density at radius 3 is 2.63 bits per heavy atom. The number of rotatable bonds is 4. The van der Waals surface area contributed by atoms with Gasteiger partial charge >= 0.3 is 0 Å². The highest BCUT2D eigenvalue weighted by atomic mass is 16.5. The van der Waals surface area contributed by atoms with Gasteiger partial charge in [-0.05, 0) is 26.0 Å². The van der Waals surface area contributed by atoms with Gasteiger partial charge in [-0.1, -0.05) is 0 Å². The highest BCUT2D eigenvalue weighted by Crippen LogP contribution is 2.32. The van der Waals surface area contributed by atoms with Gasteiger partial charge in [-0.3, -0.25) is 4.79 Å². The summed E-state index contributed by atoms with van der Waals surface area (Å²) in [5.74, 6) is 0.823. The number of anilines is 1. The molecule has 2 rings (SSSR count). The summed E-state index contributed by atoms with van der Waals surface area (Å²) in [4.78, 5) is 15.8. The van der Waals surface area contributed by atoms with Gasteiger partial charge in [0.25, 0.3) is 0 Å². The number of primary amides is 1. The first-order valence-corrected chi connectivity index (χ1v) is 6.07. The number of methoxy groups -OCH3 is 1. The van der Waals surface area contributed by atoms with Gasteiger partial charge in [0, 0.05) is 18.7 Å². The fraction of sp³-hybridized carbons (Fsp3) is 0.385. The van der Waals surface area contributed by atoms with Gasteiger partial charge in [0.05, 0.1) is 12.6 Å². The van der Waals surface area contributed by atoms with E-state index in [1.165, 1.54) is 0 Å². The third kappa shape index (κ3) is 2.09. The minimum absolute atomic E-state index is 0.209. The average molecular weight is 262 g/mol. The molecule has 0 radical (unpaired) electrons. The SMILES string of the molecule is CNc1nc2cc(C(N)=O)cc(OC)c2n1C(C)C. The number of benzene rings is 1. The van der Waals surface area contributed by atoms with Crippen LogP contribution in [0.1, 0.15) is 30.2 Å². The molecule has 6 nitrogen and oxygen atoms in total. The van der Waals surface area contributed by atoms with E-state index in [0.29, 0.717) is 16.8 Å². The molecule has 0 saturated carbocycles. The van der Waals surface area contributed by atoms with E-state index in [2.05, 4.69) is 24.1 Å². The maximum absolute atomic E-state index is 11.3. The summed E-state index contributed by atoms with van der Waals surface area (Å²) in [5, 5.41) is 3.05. The number of nitrogens with one attached hydrogen (secondary N) is 1. The predicted octanol–water partition coefficient (Wildman–Crippen LogP) is 1.77. The topological polar surface area (TPSA) is 82.2 Å². The number of hydrogen-bond acceptors (Lipinski definition) is 4. The second kappa shape index (κ2) is 4.79. The molecular weight excluding hydrogens is 244 g/mol. The van der Waals surface area contributed by atoms with Gasteiger partial charge in [-0.25, -0.2) is 4.98 Å². The van der Waals surface area contributed by atoms with Gasteiger partial charge < -0.3 is 20.4 Å². The van der Waals surface area contributed by atoms with E-state index in [0.717, 1.165) is 11.5 Å². The Hall–Kier alpha value is -2.24. The van der Waals surface area contributed by atoms with Gasteiger partial charge in [0.1, 0.15) is 11.3 Å². The lowest BCUT2D eigenvalue weighted by atomic mass is 10.1. The Labute approximate surface area is 111 Å². The summed E-state index contributed by atoms with van der Waals surface area (Å²) in [6.45, 7) is 4.12. The van der Waals surface area contributed by atoms with E-state index in [1.54, 1.807) is 19.2 Å². The number of nitrogens with zero attached hydrogens (tertiary/aromatic N) is 2. The number of imidazole rings is 1. The van der Waals surface area contributed by atoms with Gasteiger partial charge in [0.15, 0.2) is 0 Å². The van der Waals surface area contributed by atoms with Gasteiger partial charge in [0.2, 0.25) is 11.9 Å². The van der Waals surface area contributed by atoms with Crippen LogP contribution in [0.25, 0.3) is 11.0 Å². The zero-order valence-corrected chi connectivity index (χ0v) is 11.5. The number of aromatic nitrogens is 2. The minimum Gasteiger partial charge on any atom is -0.494 e. The van der Waals surface area contributed by atoms with Crippen molar-refractivity contribution in [1.82, 2.24) is 9.55 Å². The monoisotopic (exact) mass is 262 g/mol. The van der Waals surface area contributed by atoms with Crippen molar-refractivity contribution in [3.63, 3.8) is 0 Å². The summed E-state index contributed by atoms with van der Waals surface area (Å²) in [5.41, 5.74) is 7.25. The zero-order valence-electron chi connectivity index (χ0n) is 11.5. The van der Waals surface area contributed by atoms with Gasteiger partial charge in [-0.2, -0.15) is 0 Å². The fourth-order valence-corrected chi connectivity index (χ4v) is 2.17. The van der Waals surface area contributed by atoms with Crippen molar-refractivity contribution in [3.8, 4) is 5.75 Å². The first-order valence-electron chi connectivity index (χ1n) is 6.07. The normalized spacial score (nSPS) is 11.0. The van der Waals surface area contributed by atoms with E-state index in [1.807, 2.05) is 11.6 Å². The van der Waals surface area contributed by atoms with Crippen LogP contribution in [-0.2, 0) is 0 Å². The van der Waals surface area contributed by atoms with E-state index in [4.69, 9.17) is 10.5 Å². The van der Waals surface area contributed by atoms with E-state index >= 15 is 0 Å². The molecule has 0 atom stereocenters. The van der Waals surface area contributed by atoms with Crippen LogP contribution in [0.3, 0.4) is 0 Å². The van der Waals surface area contributed by atoms with Crippen LogP contribution in [0.15, 0.2) is 12.1 Å². The van der Waals surface area contributed by atoms with E-state index in [9.17, 15) is 4.79 Å². The second-order valence-corrected chi connectivity index (χ2v) is 4.56. The lowest BCUT2D eigenvalue weighted by Crippen LogP contribution is -2.11. The molecule has 0 saturated heterocycles. The Morgan fingerprint density at radius 2 is 2.16 bits per heavy atom. The summed E-state index contributed by atoms with van der Waals surface area (Å²) < 4.78 is 7.40. The Morgan fingerprint density at radius 1 is 1.47 bits per heavy atom. The smallest absolute Gasteiger partial charge is 0.248 e. The van der Waals surface area contributed by atoms with Crippen molar-refractivity contribution < 1.29 is 9.53 Å². The van der Waals surface area contributed by atoms with Crippen LogP contribution in [0.2, 0.25) is 0 Å². The molecule has 0 aliphatic heterocycles. The maximum Gasteiger partial charge on any atom is 0.248 e. The molecule has 1 amide bonds. The highest BCUT2D eigenvalue weighted by molar-refractivity contribution is 5.98. The summed E-state index contributed by atoms with van der Waals surface area (Å²) >= 11 is 0. The third-order valence-corrected chi connectivity index (χ3v) is 2.99. The summed E-state index contributed by atoms with van der Waals surface area (Å²) in [7, 11) is 3.37. The quantitative estimate of drug-likeness (QED) is 0.879. The molecule has 0 aliphatic carbocycles. The number of ether oxygens (including phenoxy) is 1. The van der Waals surface area contributed by atoms with Crippen LogP contribution in [0.5, 0.6) is 5.75 Å². The van der Waals surface area contributed by atoms with Crippen molar-refractivity contribution in [2.75, 3.05) is 19.5 Å². The summed E-state index contributed by atoms with van der Waals surface area (Å²) in [6, 6.07) is 3.53. The molecule has 0 unspecified atom stereocenters. The number of hydrogen-bond donors (Lipinski definition) is 2. The average Bonchev–Trinajstić information content (AvgIpc) is 2.75. The molecule has 1 aromatic heterocycles. The Kier molecular flexibility index (Phi) is 3.33. The minimum atomic E-state index is -0.495. The van der Waals surface area contributed by atoms with Crippen LogP contribution in [0, 0.1) is 0 Å². The van der Waals surface area contributed by atoms with Crippen LogP contribution >= 0.6 is 0 Å². The Bertz CT molecular complexity index is 631. The zero-order chi connectivity index (χ0) is 14.2. The summed E-state index contributed by atoms with van der Waals surface area (Å²) in [6.07, 6.45) is 0. The number of amides is 1. The number of carbonyl (C=O) groups excluding carboxylic acids is 1. The molecule has 0 fully saturated rings. The van der Waals surface area contributed by atoms with Crippen molar-refractivity contribution in [2.24, 2.45) is 5.73 Å². The molecule has 1 heterocycles. The van der Waals surface area contributed by atoms with Crippen molar-refractivity contribution in [1.29, 1.82) is 0 Å². The number of nitrogens with two attached hydrogens (primary N) is 1. The van der Waals surface area contributed by atoms with Gasteiger partial charge in [-0.15, -0.1) is 0 Å². The van der Waals surface area contributed by atoms with Crippen molar-refractivity contribution in [2.45, 2.75) is 19.9 Å². The maximum atomic E-state index is 11.3. The van der Waals surface area contributed by atoms with Crippen LogP contribution in [-0.4, -0.2) is 29.6 Å². The molecule has 19 heavy (non-hydrogen) atoms. The molecule has 0 spiro atoms. The predicted molar refractivity (Wildman–Crippen MR) is 74.7 cm³/mol. The number of fused-ring (bicyclic) bond motifs is 1.